The number of rotatable bonds is 5. The van der Waals surface area contributed by atoms with Crippen LogP contribution in [0, 0.1) is 0 Å². The van der Waals surface area contributed by atoms with Crippen molar-refractivity contribution < 1.29 is 14.6 Å². The van der Waals surface area contributed by atoms with E-state index in [1.807, 2.05) is 20.8 Å². The van der Waals surface area contributed by atoms with Crippen LogP contribution in [0.25, 0.3) is 0 Å². The maximum atomic E-state index is 12.3. The second-order valence-electron chi connectivity index (χ2n) is 6.79. The van der Waals surface area contributed by atoms with Gasteiger partial charge in [0, 0.05) is 19.0 Å². The summed E-state index contributed by atoms with van der Waals surface area (Å²) in [6.45, 7) is 6.26. The number of carbonyl (C=O) groups excluding carboxylic acids is 1. The number of amides is 1. The Hall–Kier alpha value is -2.34. The first-order valence-corrected chi connectivity index (χ1v) is 7.87. The molecule has 1 atom stereocenters. The number of aliphatic hydroxyl groups excluding tert-OH is 1. The van der Waals surface area contributed by atoms with Crippen LogP contribution in [0.15, 0.2) is 30.3 Å². The Labute approximate surface area is 142 Å². The highest BCUT2D eigenvalue weighted by Gasteiger charge is 2.22. The highest BCUT2D eigenvalue weighted by molar-refractivity contribution is 5.92. The third kappa shape index (κ3) is 4.14. The monoisotopic (exact) mass is 331 g/mol. The van der Waals surface area contributed by atoms with Crippen molar-refractivity contribution in [3.63, 3.8) is 0 Å². The molecule has 1 unspecified atom stereocenters. The summed E-state index contributed by atoms with van der Waals surface area (Å²) in [4.78, 5) is 12.3. The van der Waals surface area contributed by atoms with Crippen LogP contribution in [0.3, 0.4) is 0 Å². The van der Waals surface area contributed by atoms with Crippen LogP contribution in [0.1, 0.15) is 48.6 Å². The largest absolute Gasteiger partial charge is 0.497 e. The fraction of sp³-hybridized carbons (Fsp3) is 0.444. The number of aliphatic hydroxyl groups is 1. The number of benzene rings is 1. The van der Waals surface area contributed by atoms with Gasteiger partial charge in [0.25, 0.3) is 5.91 Å². The number of hydrogen-bond acceptors (Lipinski definition) is 4. The number of aryl methyl sites for hydroxylation is 1. The minimum atomic E-state index is -0.782. The molecule has 1 aromatic heterocycles. The molecule has 2 aromatic rings. The maximum Gasteiger partial charge on any atom is 0.269 e. The molecule has 0 aliphatic carbocycles. The summed E-state index contributed by atoms with van der Waals surface area (Å²) in [7, 11) is 3.33. The summed E-state index contributed by atoms with van der Waals surface area (Å²) in [5, 5.41) is 17.3. The molecule has 0 saturated carbocycles. The molecular formula is C18H25N3O3. The van der Waals surface area contributed by atoms with Gasteiger partial charge in [-0.15, -0.1) is 0 Å². The van der Waals surface area contributed by atoms with Crippen molar-refractivity contribution in [2.75, 3.05) is 13.7 Å². The molecule has 1 amide bonds. The summed E-state index contributed by atoms with van der Waals surface area (Å²) in [5.74, 6) is 0.465. The molecule has 24 heavy (non-hydrogen) atoms. The summed E-state index contributed by atoms with van der Waals surface area (Å²) >= 11 is 0. The summed E-state index contributed by atoms with van der Waals surface area (Å²) in [5.41, 5.74) is 1.92. The van der Waals surface area contributed by atoms with Gasteiger partial charge in [-0.2, -0.15) is 5.10 Å². The molecule has 0 fully saturated rings. The first-order valence-electron chi connectivity index (χ1n) is 7.87. The van der Waals surface area contributed by atoms with Crippen molar-refractivity contribution in [3.8, 4) is 5.75 Å². The van der Waals surface area contributed by atoms with Crippen LogP contribution < -0.4 is 10.1 Å². The van der Waals surface area contributed by atoms with E-state index in [1.165, 1.54) is 0 Å². The van der Waals surface area contributed by atoms with E-state index in [0.29, 0.717) is 5.69 Å². The predicted molar refractivity (Wildman–Crippen MR) is 92.2 cm³/mol. The quantitative estimate of drug-likeness (QED) is 0.880. The molecular weight excluding hydrogens is 306 g/mol. The highest BCUT2D eigenvalue weighted by atomic mass is 16.5. The average molecular weight is 331 g/mol. The van der Waals surface area contributed by atoms with Crippen LogP contribution in [-0.2, 0) is 12.5 Å². The minimum absolute atomic E-state index is 0.126. The van der Waals surface area contributed by atoms with E-state index < -0.39 is 6.10 Å². The molecule has 6 heteroatoms. The van der Waals surface area contributed by atoms with E-state index >= 15 is 0 Å². The van der Waals surface area contributed by atoms with Gasteiger partial charge in [0.15, 0.2) is 0 Å². The number of nitrogens with zero attached hydrogens (tertiary/aromatic N) is 2. The van der Waals surface area contributed by atoms with E-state index in [4.69, 9.17) is 4.74 Å². The predicted octanol–water partition coefficient (Wildman–Crippen LogP) is 2.19. The Bertz CT molecular complexity index is 699. The van der Waals surface area contributed by atoms with Crippen LogP contribution in [0.5, 0.6) is 5.75 Å². The van der Waals surface area contributed by atoms with Gasteiger partial charge in [-0.05, 0) is 23.8 Å². The highest BCUT2D eigenvalue weighted by Crippen LogP contribution is 2.21. The Balaban J connectivity index is 2.01. The van der Waals surface area contributed by atoms with Crippen LogP contribution in [0.4, 0.5) is 0 Å². The number of carbonyl (C=O) groups is 1. The van der Waals surface area contributed by atoms with Gasteiger partial charge in [-0.1, -0.05) is 32.9 Å². The fourth-order valence-electron chi connectivity index (χ4n) is 2.27. The Morgan fingerprint density at radius 1 is 1.33 bits per heavy atom. The molecule has 0 radical (unpaired) electrons. The lowest BCUT2D eigenvalue weighted by Gasteiger charge is -2.13. The van der Waals surface area contributed by atoms with Crippen molar-refractivity contribution in [2.24, 2.45) is 7.05 Å². The van der Waals surface area contributed by atoms with Crippen molar-refractivity contribution in [1.82, 2.24) is 15.1 Å². The van der Waals surface area contributed by atoms with Gasteiger partial charge >= 0.3 is 0 Å². The van der Waals surface area contributed by atoms with Gasteiger partial charge in [-0.25, -0.2) is 0 Å². The number of nitrogens with one attached hydrogen (secondary N) is 1. The van der Waals surface area contributed by atoms with Crippen LogP contribution in [0.2, 0.25) is 0 Å². The molecule has 2 N–H and O–H groups in total. The zero-order valence-corrected chi connectivity index (χ0v) is 14.8. The molecule has 0 aliphatic heterocycles. The second-order valence-corrected chi connectivity index (χ2v) is 6.79. The average Bonchev–Trinajstić information content (AvgIpc) is 2.94. The second kappa shape index (κ2) is 7.05. The maximum absolute atomic E-state index is 12.3. The lowest BCUT2D eigenvalue weighted by molar-refractivity contribution is 0.0907. The molecule has 0 saturated heterocycles. The fourth-order valence-corrected chi connectivity index (χ4v) is 2.27. The van der Waals surface area contributed by atoms with Crippen molar-refractivity contribution in [3.05, 3.63) is 47.3 Å². The van der Waals surface area contributed by atoms with E-state index in [-0.39, 0.29) is 17.9 Å². The van der Waals surface area contributed by atoms with Crippen molar-refractivity contribution >= 4 is 5.91 Å². The zero-order chi connectivity index (χ0) is 17.9. The van der Waals surface area contributed by atoms with Gasteiger partial charge < -0.3 is 15.2 Å². The first kappa shape index (κ1) is 18.0. The van der Waals surface area contributed by atoms with E-state index in [9.17, 15) is 9.90 Å². The molecule has 130 valence electrons. The van der Waals surface area contributed by atoms with Gasteiger partial charge in [0.1, 0.15) is 11.4 Å². The Kier molecular flexibility index (Phi) is 5.29. The van der Waals surface area contributed by atoms with E-state index in [0.717, 1.165) is 17.0 Å². The Morgan fingerprint density at radius 2 is 1.96 bits per heavy atom. The van der Waals surface area contributed by atoms with Crippen molar-refractivity contribution in [1.29, 1.82) is 0 Å². The third-order valence-electron chi connectivity index (χ3n) is 3.84. The molecule has 6 nitrogen and oxygen atoms in total. The van der Waals surface area contributed by atoms with E-state index in [2.05, 4.69) is 10.4 Å². The number of ether oxygens (including phenoxy) is 1. The molecule has 0 aliphatic rings. The van der Waals surface area contributed by atoms with Gasteiger partial charge in [0.2, 0.25) is 0 Å². The molecule has 2 rings (SSSR count). The topological polar surface area (TPSA) is 76.4 Å². The standard InChI is InChI=1S/C18H25N3O3/c1-18(2,3)16-10-14(21(4)20-16)17(23)19-11-15(22)12-6-8-13(24-5)9-7-12/h6-10,15,22H,11H2,1-5H3,(H,19,23). The summed E-state index contributed by atoms with van der Waals surface area (Å²) < 4.78 is 6.65. The smallest absolute Gasteiger partial charge is 0.269 e. The molecule has 1 heterocycles. The minimum Gasteiger partial charge on any atom is -0.497 e. The van der Waals surface area contributed by atoms with Crippen LogP contribution >= 0.6 is 0 Å². The first-order chi connectivity index (χ1) is 11.2. The number of hydrogen-bond donors (Lipinski definition) is 2. The molecule has 1 aromatic carbocycles. The van der Waals surface area contributed by atoms with E-state index in [1.54, 1.807) is 49.2 Å². The normalized spacial score (nSPS) is 12.8. The summed E-state index contributed by atoms with van der Waals surface area (Å²) in [6.07, 6.45) is -0.782. The SMILES string of the molecule is COc1ccc(C(O)CNC(=O)c2cc(C(C)(C)C)nn2C)cc1. The molecule has 0 bridgehead atoms. The third-order valence-corrected chi connectivity index (χ3v) is 3.84. The lowest BCUT2D eigenvalue weighted by atomic mass is 9.92. The molecule has 0 spiro atoms. The Morgan fingerprint density at radius 3 is 2.46 bits per heavy atom. The number of aromatic nitrogens is 2. The van der Waals surface area contributed by atoms with Gasteiger partial charge in [-0.3, -0.25) is 9.48 Å². The van der Waals surface area contributed by atoms with Crippen molar-refractivity contribution in [2.45, 2.75) is 32.3 Å². The summed E-state index contributed by atoms with van der Waals surface area (Å²) in [6, 6.07) is 8.89. The zero-order valence-electron chi connectivity index (χ0n) is 14.8. The van der Waals surface area contributed by atoms with Crippen LogP contribution in [-0.4, -0.2) is 34.4 Å². The van der Waals surface area contributed by atoms with Gasteiger partial charge in [0.05, 0.1) is 18.9 Å². The number of methoxy groups -OCH3 is 1. The lowest BCUT2D eigenvalue weighted by Crippen LogP contribution is -2.29.